The number of likely N-dealkylation sites (N-methyl/N-ethyl adjacent to an activating group) is 1. The molecule has 37 heavy (non-hydrogen) atoms. The van der Waals surface area contributed by atoms with Gasteiger partial charge < -0.3 is 24.5 Å². The zero-order valence-electron chi connectivity index (χ0n) is 21.6. The highest BCUT2D eigenvalue weighted by Crippen LogP contribution is 2.42. The zero-order valence-corrected chi connectivity index (χ0v) is 21.6. The van der Waals surface area contributed by atoms with Crippen LogP contribution in [0.1, 0.15) is 30.9 Å². The van der Waals surface area contributed by atoms with Crippen LogP contribution in [0, 0.1) is 6.92 Å². The van der Waals surface area contributed by atoms with E-state index < -0.39 is 17.9 Å². The van der Waals surface area contributed by atoms with Gasteiger partial charge in [0.25, 0.3) is 0 Å². The molecule has 0 saturated heterocycles. The molecule has 8 heteroatoms. The number of para-hydroxylation sites is 1. The largest absolute Gasteiger partial charge is 0.466 e. The number of nitrogens with one attached hydrogen (secondary N) is 2. The summed E-state index contributed by atoms with van der Waals surface area (Å²) in [6, 6.07) is 14.5. The number of ether oxygens (including phenoxy) is 2. The van der Waals surface area contributed by atoms with Crippen molar-refractivity contribution in [2.45, 2.75) is 26.7 Å². The first-order valence-electron chi connectivity index (χ1n) is 12.0. The van der Waals surface area contributed by atoms with Gasteiger partial charge in [-0.2, -0.15) is 0 Å². The number of dihydropyridines is 1. The van der Waals surface area contributed by atoms with Crippen molar-refractivity contribution in [3.63, 3.8) is 0 Å². The first-order chi connectivity index (χ1) is 17.8. The van der Waals surface area contributed by atoms with Gasteiger partial charge in [0.05, 0.1) is 29.6 Å². The Bertz CT molecular complexity index is 1480. The molecule has 1 atom stereocenters. The molecule has 4 rings (SSSR count). The summed E-state index contributed by atoms with van der Waals surface area (Å²) in [4.78, 5) is 39.9. The van der Waals surface area contributed by atoms with Crippen molar-refractivity contribution < 1.29 is 23.5 Å². The first-order valence-corrected chi connectivity index (χ1v) is 12.0. The Hall–Kier alpha value is -4.17. The third kappa shape index (κ3) is 4.80. The second-order valence-electron chi connectivity index (χ2n) is 8.84. The fraction of sp³-hybridized carbons (Fsp3) is 0.276. The van der Waals surface area contributed by atoms with Gasteiger partial charge in [0, 0.05) is 34.6 Å². The smallest absolute Gasteiger partial charge is 0.336 e. The lowest BCUT2D eigenvalue weighted by molar-refractivity contribution is -0.139. The van der Waals surface area contributed by atoms with Crippen molar-refractivity contribution in [3.05, 3.63) is 92.4 Å². The predicted octanol–water partition coefficient (Wildman–Crippen LogP) is 3.94. The zero-order chi connectivity index (χ0) is 26.7. The van der Waals surface area contributed by atoms with E-state index in [1.54, 1.807) is 46.0 Å². The van der Waals surface area contributed by atoms with Crippen LogP contribution < -0.4 is 16.1 Å². The van der Waals surface area contributed by atoms with Crippen LogP contribution >= 0.6 is 0 Å². The number of methoxy groups -OCH3 is 1. The van der Waals surface area contributed by atoms with Gasteiger partial charge in [-0.1, -0.05) is 42.5 Å². The number of benzene rings is 2. The number of esters is 2. The Kier molecular flexibility index (Phi) is 7.59. The highest BCUT2D eigenvalue weighted by Gasteiger charge is 2.39. The summed E-state index contributed by atoms with van der Waals surface area (Å²) in [5, 5.41) is 6.42. The molecule has 1 aliphatic rings. The molecular formula is C29H30N2O6. The maximum atomic E-state index is 13.5. The van der Waals surface area contributed by atoms with Gasteiger partial charge in [-0.05, 0) is 33.9 Å². The minimum atomic E-state index is -0.881. The molecule has 192 valence electrons. The monoisotopic (exact) mass is 502 g/mol. The van der Waals surface area contributed by atoms with E-state index >= 15 is 0 Å². The Morgan fingerprint density at radius 2 is 1.65 bits per heavy atom. The molecular weight excluding hydrogens is 472 g/mol. The number of hydrogen-bond donors (Lipinski definition) is 2. The minimum absolute atomic E-state index is 0.150. The van der Waals surface area contributed by atoms with E-state index in [0.717, 1.165) is 5.56 Å². The molecule has 1 aromatic heterocycles. The normalized spacial score (nSPS) is 15.5. The number of fused-ring (bicyclic) bond motifs is 1. The fourth-order valence-corrected chi connectivity index (χ4v) is 4.70. The van der Waals surface area contributed by atoms with Crippen LogP contribution in [0.3, 0.4) is 0 Å². The highest BCUT2D eigenvalue weighted by atomic mass is 16.5. The summed E-state index contributed by atoms with van der Waals surface area (Å²) in [6.07, 6.45) is 0. The van der Waals surface area contributed by atoms with E-state index in [9.17, 15) is 14.4 Å². The Balaban J connectivity index is 2.01. The van der Waals surface area contributed by atoms with Crippen LogP contribution in [0.15, 0.2) is 80.3 Å². The van der Waals surface area contributed by atoms with Gasteiger partial charge in [0.1, 0.15) is 18.0 Å². The van der Waals surface area contributed by atoms with Gasteiger partial charge in [0.15, 0.2) is 5.43 Å². The molecule has 0 radical (unpaired) electrons. The lowest BCUT2D eigenvalue weighted by Gasteiger charge is -2.30. The van der Waals surface area contributed by atoms with E-state index in [1.807, 2.05) is 30.3 Å². The first kappa shape index (κ1) is 25.9. The van der Waals surface area contributed by atoms with E-state index in [1.165, 1.54) is 7.11 Å². The van der Waals surface area contributed by atoms with E-state index in [-0.39, 0.29) is 23.2 Å². The van der Waals surface area contributed by atoms with Crippen molar-refractivity contribution in [2.75, 3.05) is 27.3 Å². The Labute approximate surface area is 215 Å². The van der Waals surface area contributed by atoms with Crippen LogP contribution in [0.2, 0.25) is 0 Å². The van der Waals surface area contributed by atoms with E-state index in [2.05, 4.69) is 10.6 Å². The molecule has 0 amide bonds. The molecule has 0 aliphatic carbocycles. The summed E-state index contributed by atoms with van der Waals surface area (Å²) in [5.74, 6) is -1.63. The van der Waals surface area contributed by atoms with Crippen molar-refractivity contribution in [1.29, 1.82) is 0 Å². The lowest BCUT2D eigenvalue weighted by Crippen LogP contribution is -2.33. The molecule has 2 N–H and O–H groups in total. The Morgan fingerprint density at radius 3 is 2.30 bits per heavy atom. The van der Waals surface area contributed by atoms with Crippen molar-refractivity contribution in [2.24, 2.45) is 0 Å². The van der Waals surface area contributed by atoms with Gasteiger partial charge >= 0.3 is 11.9 Å². The average molecular weight is 503 g/mol. The number of allylic oxidation sites excluding steroid dienone is 2. The maximum Gasteiger partial charge on any atom is 0.336 e. The summed E-state index contributed by atoms with van der Waals surface area (Å²) < 4.78 is 17.1. The van der Waals surface area contributed by atoms with Gasteiger partial charge in [-0.25, -0.2) is 9.59 Å². The molecule has 3 aromatic rings. The van der Waals surface area contributed by atoms with Gasteiger partial charge in [-0.15, -0.1) is 0 Å². The topological polar surface area (TPSA) is 107 Å². The molecule has 0 saturated carbocycles. The third-order valence-corrected chi connectivity index (χ3v) is 6.49. The number of carbonyl (C=O) groups excluding carboxylic acids is 2. The average Bonchev–Trinajstić information content (AvgIpc) is 2.90. The molecule has 1 unspecified atom stereocenters. The SMILES string of the molecule is CNCCOC(=O)C1=C(C)NC(C)=C(C(=O)OC)C1c1cccc2c(=O)c(C)c(-c3ccccc3)oc12. The van der Waals surface area contributed by atoms with Crippen LogP contribution in [0.25, 0.3) is 22.3 Å². The third-order valence-electron chi connectivity index (χ3n) is 6.49. The van der Waals surface area contributed by atoms with Crippen LogP contribution in [-0.2, 0) is 19.1 Å². The minimum Gasteiger partial charge on any atom is -0.466 e. The molecule has 2 heterocycles. The summed E-state index contributed by atoms with van der Waals surface area (Å²) >= 11 is 0. The molecule has 0 fully saturated rings. The van der Waals surface area contributed by atoms with Crippen molar-refractivity contribution in [1.82, 2.24) is 10.6 Å². The fourth-order valence-electron chi connectivity index (χ4n) is 4.70. The second kappa shape index (κ2) is 10.8. The van der Waals surface area contributed by atoms with Gasteiger partial charge in [0.2, 0.25) is 0 Å². The molecule has 8 nitrogen and oxygen atoms in total. The summed E-state index contributed by atoms with van der Waals surface area (Å²) in [7, 11) is 3.05. The van der Waals surface area contributed by atoms with Crippen LogP contribution in [-0.4, -0.2) is 39.2 Å². The predicted molar refractivity (Wildman–Crippen MR) is 141 cm³/mol. The second-order valence-corrected chi connectivity index (χ2v) is 8.84. The van der Waals surface area contributed by atoms with Crippen LogP contribution in [0.4, 0.5) is 0 Å². The van der Waals surface area contributed by atoms with E-state index in [0.29, 0.717) is 45.8 Å². The molecule has 0 spiro atoms. The maximum absolute atomic E-state index is 13.5. The number of hydrogen-bond acceptors (Lipinski definition) is 8. The highest BCUT2D eigenvalue weighted by molar-refractivity contribution is 6.01. The number of carbonyl (C=O) groups is 2. The number of rotatable bonds is 7. The lowest BCUT2D eigenvalue weighted by atomic mass is 9.79. The van der Waals surface area contributed by atoms with Crippen molar-refractivity contribution >= 4 is 22.9 Å². The quantitative estimate of drug-likeness (QED) is 0.370. The standard InChI is InChI=1S/C29H30N2O6/c1-16-25(32)21-13-9-12-20(27(21)37-26(16)19-10-7-6-8-11-19)24-22(28(33)35-5)17(2)31-18(3)23(24)29(34)36-15-14-30-4/h6-13,24,30-31H,14-15H2,1-5H3. The summed E-state index contributed by atoms with van der Waals surface area (Å²) in [5.41, 5.74) is 3.39. The Morgan fingerprint density at radius 1 is 0.973 bits per heavy atom. The van der Waals surface area contributed by atoms with Crippen LogP contribution in [0.5, 0.6) is 0 Å². The van der Waals surface area contributed by atoms with E-state index in [4.69, 9.17) is 13.9 Å². The molecule has 2 aromatic carbocycles. The van der Waals surface area contributed by atoms with Crippen molar-refractivity contribution in [3.8, 4) is 11.3 Å². The van der Waals surface area contributed by atoms with Gasteiger partial charge in [-0.3, -0.25) is 4.79 Å². The molecule has 0 bridgehead atoms. The summed E-state index contributed by atoms with van der Waals surface area (Å²) in [6.45, 7) is 5.84. The molecule has 1 aliphatic heterocycles.